The van der Waals surface area contributed by atoms with Gasteiger partial charge in [-0.05, 0) is 13.8 Å². The van der Waals surface area contributed by atoms with Gasteiger partial charge in [0.05, 0.1) is 0 Å². The first-order chi connectivity index (χ1) is 6.24. The third kappa shape index (κ3) is 4.57. The number of rotatable bonds is 8. The van der Waals surface area contributed by atoms with Crippen molar-refractivity contribution in [1.82, 2.24) is 0 Å². The van der Waals surface area contributed by atoms with E-state index in [4.69, 9.17) is 18.9 Å². The number of hydrogen-bond acceptors (Lipinski definition) is 4. The van der Waals surface area contributed by atoms with Crippen LogP contribution in [-0.2, 0) is 18.9 Å². The van der Waals surface area contributed by atoms with Crippen molar-refractivity contribution in [2.24, 2.45) is 0 Å². The Balaban J connectivity index is 3.97. The zero-order chi connectivity index (χ0) is 10.2. The van der Waals surface area contributed by atoms with Gasteiger partial charge in [-0.3, -0.25) is 0 Å². The molecule has 0 N–H and O–H groups in total. The van der Waals surface area contributed by atoms with Crippen molar-refractivity contribution in [3.05, 3.63) is 13.8 Å². The molecule has 0 heterocycles. The van der Waals surface area contributed by atoms with Gasteiger partial charge in [0.15, 0.2) is 0 Å². The Bertz CT molecular complexity index is 102. The van der Waals surface area contributed by atoms with Gasteiger partial charge in [-0.15, -0.1) is 0 Å². The first-order valence-electron chi connectivity index (χ1n) is 4.09. The maximum Gasteiger partial charge on any atom is 0.215 e. The van der Waals surface area contributed by atoms with Crippen molar-refractivity contribution >= 4 is 0 Å². The van der Waals surface area contributed by atoms with E-state index < -0.39 is 5.79 Å². The highest BCUT2D eigenvalue weighted by atomic mass is 16.7. The molecule has 0 amide bonds. The summed E-state index contributed by atoms with van der Waals surface area (Å²) >= 11 is 0. The molecule has 0 aromatic carbocycles. The van der Waals surface area contributed by atoms with Crippen LogP contribution in [0.5, 0.6) is 0 Å². The molecule has 4 heteroatoms. The average molecular weight is 190 g/mol. The van der Waals surface area contributed by atoms with E-state index in [-0.39, 0.29) is 0 Å². The molecule has 0 atom stereocenters. The summed E-state index contributed by atoms with van der Waals surface area (Å²) in [6.45, 7) is 8.44. The number of ether oxygens (including phenoxy) is 4. The molecule has 4 nitrogen and oxygen atoms in total. The summed E-state index contributed by atoms with van der Waals surface area (Å²) < 4.78 is 20.6. The minimum Gasteiger partial charge on any atom is -0.376 e. The number of hydrogen-bond donors (Lipinski definition) is 0. The summed E-state index contributed by atoms with van der Waals surface area (Å²) in [6, 6.07) is 0. The predicted molar refractivity (Wildman–Crippen MR) is 49.1 cm³/mol. The highest BCUT2D eigenvalue weighted by molar-refractivity contribution is 4.68. The van der Waals surface area contributed by atoms with Crippen LogP contribution in [0.15, 0.2) is 0 Å². The van der Waals surface area contributed by atoms with Crippen molar-refractivity contribution in [3.8, 4) is 0 Å². The van der Waals surface area contributed by atoms with Gasteiger partial charge in [-0.1, -0.05) is 0 Å². The lowest BCUT2D eigenvalue weighted by Gasteiger charge is -2.29. The van der Waals surface area contributed by atoms with E-state index in [1.165, 1.54) is 0 Å². The molecular weight excluding hydrogens is 172 g/mol. The Kier molecular flexibility index (Phi) is 7.17. The lowest BCUT2D eigenvalue weighted by Crippen LogP contribution is -2.43. The smallest absolute Gasteiger partial charge is 0.215 e. The first-order valence-corrected chi connectivity index (χ1v) is 4.09. The highest BCUT2D eigenvalue weighted by Crippen LogP contribution is 2.12. The Morgan fingerprint density at radius 3 is 1.54 bits per heavy atom. The van der Waals surface area contributed by atoms with Crippen LogP contribution < -0.4 is 0 Å². The van der Waals surface area contributed by atoms with E-state index in [9.17, 15) is 0 Å². The maximum atomic E-state index is 5.16. The fourth-order valence-electron chi connectivity index (χ4n) is 0.816. The minimum absolute atomic E-state index is 0.295. The summed E-state index contributed by atoms with van der Waals surface area (Å²) in [5.41, 5.74) is 0. The normalized spacial score (nSPS) is 12.0. The van der Waals surface area contributed by atoms with Gasteiger partial charge in [0, 0.05) is 27.4 Å². The second kappa shape index (κ2) is 7.26. The molecule has 0 bridgehead atoms. The van der Waals surface area contributed by atoms with Crippen LogP contribution in [0.3, 0.4) is 0 Å². The Labute approximate surface area is 80.1 Å². The van der Waals surface area contributed by atoms with E-state index >= 15 is 0 Å². The van der Waals surface area contributed by atoms with Crippen molar-refractivity contribution in [2.75, 3.05) is 40.6 Å². The summed E-state index contributed by atoms with van der Waals surface area (Å²) in [7, 11) is 3.09. The van der Waals surface area contributed by atoms with Gasteiger partial charge in [0.25, 0.3) is 0 Å². The molecule has 0 aliphatic heterocycles. The van der Waals surface area contributed by atoms with E-state index in [0.29, 0.717) is 26.4 Å². The summed E-state index contributed by atoms with van der Waals surface area (Å²) in [4.78, 5) is 0. The van der Waals surface area contributed by atoms with Crippen LogP contribution in [0.1, 0.15) is 0 Å². The van der Waals surface area contributed by atoms with Gasteiger partial charge in [0.1, 0.15) is 13.2 Å². The lowest BCUT2D eigenvalue weighted by molar-refractivity contribution is -0.256. The molecule has 0 aromatic rings. The molecule has 0 aromatic heterocycles. The topological polar surface area (TPSA) is 36.9 Å². The average Bonchev–Trinajstić information content (AvgIpc) is 2.20. The standard InChI is InChI=1S/C9H18O4/c1-5-12-7-9(10-3,11-4)8-13-6-2/h1-2,5-8H2,3-4H3. The van der Waals surface area contributed by atoms with Crippen molar-refractivity contribution in [3.63, 3.8) is 0 Å². The van der Waals surface area contributed by atoms with Crippen molar-refractivity contribution < 1.29 is 18.9 Å². The summed E-state index contributed by atoms with van der Waals surface area (Å²) in [5.74, 6) is -0.838. The second-order valence-electron chi connectivity index (χ2n) is 2.42. The van der Waals surface area contributed by atoms with E-state index in [0.717, 1.165) is 0 Å². The van der Waals surface area contributed by atoms with Gasteiger partial charge >= 0.3 is 0 Å². The van der Waals surface area contributed by atoms with Crippen LogP contribution in [0, 0.1) is 13.8 Å². The summed E-state index contributed by atoms with van der Waals surface area (Å²) in [5, 5.41) is 0. The van der Waals surface area contributed by atoms with Crippen molar-refractivity contribution in [2.45, 2.75) is 5.79 Å². The molecule has 0 spiro atoms. The van der Waals surface area contributed by atoms with Crippen LogP contribution in [0.2, 0.25) is 0 Å². The molecule has 78 valence electrons. The zero-order valence-electron chi connectivity index (χ0n) is 8.38. The monoisotopic (exact) mass is 190 g/mol. The predicted octanol–water partition coefficient (Wildman–Crippen LogP) is 0.677. The first kappa shape index (κ1) is 12.8. The molecule has 0 rings (SSSR count). The summed E-state index contributed by atoms with van der Waals surface area (Å²) in [6.07, 6.45) is 0. The third-order valence-corrected chi connectivity index (χ3v) is 1.68. The lowest BCUT2D eigenvalue weighted by atomic mass is 10.3. The highest BCUT2D eigenvalue weighted by Gasteiger charge is 2.30. The molecule has 0 aliphatic rings. The van der Waals surface area contributed by atoms with E-state index in [1.54, 1.807) is 14.2 Å². The van der Waals surface area contributed by atoms with E-state index in [1.807, 2.05) is 0 Å². The molecule has 0 unspecified atom stereocenters. The Morgan fingerprint density at radius 2 is 1.31 bits per heavy atom. The third-order valence-electron chi connectivity index (χ3n) is 1.68. The van der Waals surface area contributed by atoms with Crippen LogP contribution >= 0.6 is 0 Å². The molecule has 0 saturated heterocycles. The van der Waals surface area contributed by atoms with Crippen LogP contribution in [0.25, 0.3) is 0 Å². The van der Waals surface area contributed by atoms with Crippen molar-refractivity contribution in [1.29, 1.82) is 0 Å². The molecule has 0 aliphatic carbocycles. The van der Waals surface area contributed by atoms with Gasteiger partial charge in [0.2, 0.25) is 5.79 Å². The largest absolute Gasteiger partial charge is 0.376 e. The zero-order valence-corrected chi connectivity index (χ0v) is 8.38. The SMILES string of the molecule is [CH2]COCC(COC[CH2])(OC)OC. The molecular formula is C9H18O4. The minimum atomic E-state index is -0.838. The molecule has 0 saturated carbocycles. The van der Waals surface area contributed by atoms with Gasteiger partial charge < -0.3 is 18.9 Å². The quantitative estimate of drug-likeness (QED) is 0.527. The molecule has 13 heavy (non-hydrogen) atoms. The second-order valence-corrected chi connectivity index (χ2v) is 2.42. The molecule has 2 radical (unpaired) electrons. The van der Waals surface area contributed by atoms with E-state index in [2.05, 4.69) is 13.8 Å². The van der Waals surface area contributed by atoms with Crippen LogP contribution in [0.4, 0.5) is 0 Å². The Hall–Kier alpha value is -0.160. The maximum absolute atomic E-state index is 5.16. The van der Waals surface area contributed by atoms with Gasteiger partial charge in [-0.25, -0.2) is 0 Å². The fourth-order valence-corrected chi connectivity index (χ4v) is 0.816. The molecule has 0 fully saturated rings. The Morgan fingerprint density at radius 1 is 0.923 bits per heavy atom. The van der Waals surface area contributed by atoms with Crippen LogP contribution in [-0.4, -0.2) is 46.4 Å². The fraction of sp³-hybridized carbons (Fsp3) is 0.778. The number of methoxy groups -OCH3 is 2. The van der Waals surface area contributed by atoms with Gasteiger partial charge in [-0.2, -0.15) is 0 Å².